The maximum atomic E-state index is 5.83. The fourth-order valence-corrected chi connectivity index (χ4v) is 3.60. The standard InChI is InChI=1S/C17H26N2O/c1-18-10-9-15-6-4-5-11-19(15)12-14-13-20-17-8-3-2-7-16(14)17/h2-3,7-8,14-15,18H,4-6,9-13H2,1H3. The lowest BCUT2D eigenvalue weighted by Crippen LogP contribution is -2.43. The van der Waals surface area contributed by atoms with Crippen LogP contribution in [0.5, 0.6) is 5.75 Å². The van der Waals surface area contributed by atoms with Crippen molar-refractivity contribution in [2.45, 2.75) is 37.6 Å². The molecule has 20 heavy (non-hydrogen) atoms. The maximum absolute atomic E-state index is 5.83. The third-order valence-corrected chi connectivity index (χ3v) is 4.73. The second-order valence-corrected chi connectivity index (χ2v) is 6.08. The van der Waals surface area contributed by atoms with E-state index in [1.54, 1.807) is 0 Å². The highest BCUT2D eigenvalue weighted by molar-refractivity contribution is 5.39. The normalized spacial score (nSPS) is 26.2. The van der Waals surface area contributed by atoms with E-state index in [0.29, 0.717) is 5.92 Å². The average Bonchev–Trinajstić information content (AvgIpc) is 2.90. The summed E-state index contributed by atoms with van der Waals surface area (Å²) < 4.78 is 5.83. The van der Waals surface area contributed by atoms with E-state index in [1.807, 2.05) is 7.05 Å². The number of fused-ring (bicyclic) bond motifs is 1. The van der Waals surface area contributed by atoms with Crippen LogP contribution in [-0.2, 0) is 0 Å². The van der Waals surface area contributed by atoms with Crippen molar-refractivity contribution in [3.8, 4) is 5.75 Å². The highest BCUT2D eigenvalue weighted by Crippen LogP contribution is 2.35. The molecule has 2 aliphatic heterocycles. The molecule has 1 fully saturated rings. The van der Waals surface area contributed by atoms with Crippen LogP contribution in [0.3, 0.4) is 0 Å². The molecule has 1 aromatic carbocycles. The van der Waals surface area contributed by atoms with E-state index in [2.05, 4.69) is 34.5 Å². The first kappa shape index (κ1) is 13.9. The molecule has 2 heterocycles. The highest BCUT2D eigenvalue weighted by atomic mass is 16.5. The van der Waals surface area contributed by atoms with Crippen LogP contribution < -0.4 is 10.1 Å². The highest BCUT2D eigenvalue weighted by Gasteiger charge is 2.29. The van der Waals surface area contributed by atoms with Crippen LogP contribution in [0.1, 0.15) is 37.2 Å². The SMILES string of the molecule is CNCCC1CCCCN1CC1COc2ccccc21. The third-order valence-electron chi connectivity index (χ3n) is 4.73. The number of para-hydroxylation sites is 1. The topological polar surface area (TPSA) is 24.5 Å². The smallest absolute Gasteiger partial charge is 0.122 e. The molecule has 3 rings (SSSR count). The lowest BCUT2D eigenvalue weighted by molar-refractivity contribution is 0.126. The molecule has 0 aromatic heterocycles. The van der Waals surface area contributed by atoms with Gasteiger partial charge in [0.05, 0.1) is 6.61 Å². The summed E-state index contributed by atoms with van der Waals surface area (Å²) in [6, 6.07) is 9.29. The zero-order valence-corrected chi connectivity index (χ0v) is 12.5. The molecule has 2 aliphatic rings. The predicted molar refractivity (Wildman–Crippen MR) is 82.4 cm³/mol. The summed E-state index contributed by atoms with van der Waals surface area (Å²) in [7, 11) is 2.05. The van der Waals surface area contributed by atoms with E-state index in [-0.39, 0.29) is 0 Å². The predicted octanol–water partition coefficient (Wildman–Crippen LogP) is 2.63. The van der Waals surface area contributed by atoms with Crippen molar-refractivity contribution >= 4 is 0 Å². The summed E-state index contributed by atoms with van der Waals surface area (Å²) in [5.41, 5.74) is 1.41. The minimum atomic E-state index is 0.557. The molecular weight excluding hydrogens is 248 g/mol. The van der Waals surface area contributed by atoms with Gasteiger partial charge in [-0.1, -0.05) is 24.6 Å². The zero-order chi connectivity index (χ0) is 13.8. The number of nitrogens with one attached hydrogen (secondary N) is 1. The van der Waals surface area contributed by atoms with Gasteiger partial charge in [-0.25, -0.2) is 0 Å². The van der Waals surface area contributed by atoms with Crippen LogP contribution in [0.15, 0.2) is 24.3 Å². The van der Waals surface area contributed by atoms with E-state index in [9.17, 15) is 0 Å². The Kier molecular flexibility index (Phi) is 4.58. The van der Waals surface area contributed by atoms with Crippen LogP contribution in [0.4, 0.5) is 0 Å². The first-order valence-corrected chi connectivity index (χ1v) is 7.99. The van der Waals surface area contributed by atoms with Gasteiger partial charge in [-0.15, -0.1) is 0 Å². The van der Waals surface area contributed by atoms with E-state index < -0.39 is 0 Å². The van der Waals surface area contributed by atoms with Gasteiger partial charge in [0.1, 0.15) is 5.75 Å². The summed E-state index contributed by atoms with van der Waals surface area (Å²) in [6.07, 6.45) is 5.37. The maximum Gasteiger partial charge on any atom is 0.122 e. The zero-order valence-electron chi connectivity index (χ0n) is 12.5. The van der Waals surface area contributed by atoms with Crippen LogP contribution in [0, 0.1) is 0 Å². The quantitative estimate of drug-likeness (QED) is 0.893. The van der Waals surface area contributed by atoms with Crippen molar-refractivity contribution in [2.75, 3.05) is 33.3 Å². The van der Waals surface area contributed by atoms with Gasteiger partial charge in [-0.3, -0.25) is 4.90 Å². The Morgan fingerprint density at radius 2 is 2.20 bits per heavy atom. The van der Waals surface area contributed by atoms with Crippen molar-refractivity contribution < 1.29 is 4.74 Å². The summed E-state index contributed by atoms with van der Waals surface area (Å²) in [5.74, 6) is 1.66. The Labute approximate surface area is 122 Å². The fraction of sp³-hybridized carbons (Fsp3) is 0.647. The number of hydrogen-bond donors (Lipinski definition) is 1. The van der Waals surface area contributed by atoms with Gasteiger partial charge in [-0.05, 0) is 45.5 Å². The van der Waals surface area contributed by atoms with E-state index >= 15 is 0 Å². The number of hydrogen-bond acceptors (Lipinski definition) is 3. The van der Waals surface area contributed by atoms with Gasteiger partial charge in [0.25, 0.3) is 0 Å². The number of piperidine rings is 1. The van der Waals surface area contributed by atoms with E-state index in [0.717, 1.165) is 31.5 Å². The van der Waals surface area contributed by atoms with Crippen molar-refractivity contribution in [1.29, 1.82) is 0 Å². The number of likely N-dealkylation sites (tertiary alicyclic amines) is 1. The van der Waals surface area contributed by atoms with Gasteiger partial charge in [-0.2, -0.15) is 0 Å². The Morgan fingerprint density at radius 1 is 1.30 bits per heavy atom. The molecular formula is C17H26N2O. The first-order valence-electron chi connectivity index (χ1n) is 7.99. The second-order valence-electron chi connectivity index (χ2n) is 6.08. The number of benzene rings is 1. The number of ether oxygens (including phenoxy) is 1. The molecule has 3 nitrogen and oxygen atoms in total. The fourth-order valence-electron chi connectivity index (χ4n) is 3.60. The van der Waals surface area contributed by atoms with Crippen molar-refractivity contribution in [3.63, 3.8) is 0 Å². The number of rotatable bonds is 5. The molecule has 3 heteroatoms. The summed E-state index contributed by atoms with van der Waals surface area (Å²) in [6.45, 7) is 4.39. The Morgan fingerprint density at radius 3 is 3.10 bits per heavy atom. The molecule has 0 bridgehead atoms. The van der Waals surface area contributed by atoms with E-state index in [4.69, 9.17) is 4.74 Å². The molecule has 0 aliphatic carbocycles. The molecule has 1 N–H and O–H groups in total. The largest absolute Gasteiger partial charge is 0.493 e. The first-order chi connectivity index (χ1) is 9.88. The van der Waals surface area contributed by atoms with Crippen LogP contribution >= 0.6 is 0 Å². The average molecular weight is 274 g/mol. The molecule has 0 amide bonds. The van der Waals surface area contributed by atoms with E-state index in [1.165, 1.54) is 37.8 Å². The van der Waals surface area contributed by atoms with Gasteiger partial charge >= 0.3 is 0 Å². The van der Waals surface area contributed by atoms with Crippen molar-refractivity contribution in [2.24, 2.45) is 0 Å². The lowest BCUT2D eigenvalue weighted by Gasteiger charge is -2.37. The summed E-state index contributed by atoms with van der Waals surface area (Å²) in [4.78, 5) is 2.71. The molecule has 2 unspecified atom stereocenters. The summed E-state index contributed by atoms with van der Waals surface area (Å²) in [5, 5.41) is 3.29. The van der Waals surface area contributed by atoms with Gasteiger partial charge in [0.2, 0.25) is 0 Å². The minimum Gasteiger partial charge on any atom is -0.493 e. The van der Waals surface area contributed by atoms with Gasteiger partial charge in [0.15, 0.2) is 0 Å². The lowest BCUT2D eigenvalue weighted by atomic mass is 9.95. The molecule has 2 atom stereocenters. The molecule has 0 radical (unpaired) electrons. The second kappa shape index (κ2) is 6.59. The van der Waals surface area contributed by atoms with Gasteiger partial charge < -0.3 is 10.1 Å². The number of nitrogens with zero attached hydrogens (tertiary/aromatic N) is 1. The third kappa shape index (κ3) is 2.99. The summed E-state index contributed by atoms with van der Waals surface area (Å²) >= 11 is 0. The van der Waals surface area contributed by atoms with Crippen LogP contribution in [0.25, 0.3) is 0 Å². The molecule has 1 aromatic rings. The Bertz CT molecular complexity index is 435. The van der Waals surface area contributed by atoms with Crippen LogP contribution in [0.2, 0.25) is 0 Å². The molecule has 1 saturated heterocycles. The van der Waals surface area contributed by atoms with Crippen molar-refractivity contribution in [3.05, 3.63) is 29.8 Å². The monoisotopic (exact) mass is 274 g/mol. The molecule has 110 valence electrons. The Hall–Kier alpha value is -1.06. The minimum absolute atomic E-state index is 0.557. The van der Waals surface area contributed by atoms with Crippen molar-refractivity contribution in [1.82, 2.24) is 10.2 Å². The molecule has 0 spiro atoms. The Balaban J connectivity index is 1.64. The van der Waals surface area contributed by atoms with Crippen LogP contribution in [-0.4, -0.2) is 44.2 Å². The molecule has 0 saturated carbocycles. The van der Waals surface area contributed by atoms with Gasteiger partial charge in [0, 0.05) is 24.1 Å².